The van der Waals surface area contributed by atoms with Crippen molar-refractivity contribution in [3.8, 4) is 17.2 Å². The van der Waals surface area contributed by atoms with Gasteiger partial charge in [-0.2, -0.15) is 0 Å². The number of carbonyl (C=O) groups excluding carboxylic acids is 4. The van der Waals surface area contributed by atoms with Gasteiger partial charge in [0.1, 0.15) is 11.8 Å². The van der Waals surface area contributed by atoms with Crippen LogP contribution in [0.5, 0.6) is 17.2 Å². The van der Waals surface area contributed by atoms with E-state index in [1.807, 2.05) is 0 Å². The van der Waals surface area contributed by atoms with Crippen LogP contribution in [0.4, 0.5) is 11.5 Å². The van der Waals surface area contributed by atoms with E-state index in [9.17, 15) is 39.0 Å². The van der Waals surface area contributed by atoms with Crippen molar-refractivity contribution in [2.24, 2.45) is 5.73 Å². The Balaban J connectivity index is 1.33. The van der Waals surface area contributed by atoms with Gasteiger partial charge in [0.2, 0.25) is 0 Å². The minimum atomic E-state index is -1.46. The number of phenols is 1. The van der Waals surface area contributed by atoms with Crippen molar-refractivity contribution in [2.45, 2.75) is 51.5 Å². The average Bonchev–Trinajstić information content (AvgIpc) is 3.06. The first-order valence-electron chi connectivity index (χ1n) is 15.0. The summed E-state index contributed by atoms with van der Waals surface area (Å²) in [5.41, 5.74) is 7.07. The first-order valence-corrected chi connectivity index (χ1v) is 15.0. The molecule has 0 aliphatic carbocycles. The third-order valence-electron chi connectivity index (χ3n) is 6.98. The fourth-order valence-electron chi connectivity index (χ4n) is 4.62. The normalized spacial score (nSPS) is 14.2. The number of aromatic nitrogens is 2. The van der Waals surface area contributed by atoms with Gasteiger partial charge in [-0.1, -0.05) is 13.8 Å². The van der Waals surface area contributed by atoms with Gasteiger partial charge in [-0.05, 0) is 48.7 Å². The molecule has 2 amide bonds. The van der Waals surface area contributed by atoms with Gasteiger partial charge >= 0.3 is 23.9 Å². The van der Waals surface area contributed by atoms with Gasteiger partial charge < -0.3 is 46.1 Å². The quantitative estimate of drug-likeness (QED) is 0.0674. The SMILES string of the molecule is CC(C)c1c(OC(=O)CCC(NC(=O)c2ccc(NCc3cnc4c(n3)C(=O)NC(N)N4)cc2)C(=O)O)ccc(O)c1OC(=O)C=CC(=O)O. The molecule has 0 saturated carbocycles. The minimum Gasteiger partial charge on any atom is -0.504 e. The second-order valence-electron chi connectivity index (χ2n) is 11.0. The number of ether oxygens (including phenoxy) is 2. The zero-order valence-electron chi connectivity index (χ0n) is 26.6. The van der Waals surface area contributed by atoms with E-state index in [0.29, 0.717) is 23.5 Å². The third kappa shape index (κ3) is 9.50. The van der Waals surface area contributed by atoms with E-state index >= 15 is 0 Å². The molecule has 3 aromatic rings. The molecule has 0 fully saturated rings. The number of rotatable bonds is 14. The summed E-state index contributed by atoms with van der Waals surface area (Å²) in [6, 6.07) is 6.99. The molecule has 0 bridgehead atoms. The van der Waals surface area contributed by atoms with Gasteiger partial charge in [0.05, 0.1) is 18.4 Å². The number of nitrogens with zero attached hydrogens (tertiary/aromatic N) is 2. The number of carbonyl (C=O) groups is 6. The monoisotopic (exact) mass is 691 g/mol. The summed E-state index contributed by atoms with van der Waals surface area (Å²) in [6.45, 7) is 3.52. The Labute approximate surface area is 283 Å². The summed E-state index contributed by atoms with van der Waals surface area (Å²) >= 11 is 0. The van der Waals surface area contributed by atoms with Crippen LogP contribution in [0.2, 0.25) is 0 Å². The number of esters is 2. The Morgan fingerprint density at radius 2 is 1.74 bits per heavy atom. The Bertz CT molecular complexity index is 1840. The van der Waals surface area contributed by atoms with E-state index in [1.165, 1.54) is 24.4 Å². The molecule has 0 radical (unpaired) electrons. The molecule has 2 heterocycles. The number of aromatic hydroxyl groups is 1. The summed E-state index contributed by atoms with van der Waals surface area (Å²) in [7, 11) is 0. The van der Waals surface area contributed by atoms with Crippen molar-refractivity contribution in [1.29, 1.82) is 0 Å². The summed E-state index contributed by atoms with van der Waals surface area (Å²) < 4.78 is 10.5. The van der Waals surface area contributed by atoms with Crippen molar-refractivity contribution >= 4 is 47.2 Å². The second-order valence-corrected chi connectivity index (χ2v) is 11.0. The first kappa shape index (κ1) is 36.3. The molecule has 9 N–H and O–H groups in total. The van der Waals surface area contributed by atoms with E-state index in [0.717, 1.165) is 6.07 Å². The van der Waals surface area contributed by atoms with Crippen molar-refractivity contribution < 1.29 is 53.6 Å². The van der Waals surface area contributed by atoms with Crippen molar-refractivity contribution in [2.75, 3.05) is 10.6 Å². The summed E-state index contributed by atoms with van der Waals surface area (Å²) in [4.78, 5) is 80.8. The number of anilines is 2. The highest BCUT2D eigenvalue weighted by molar-refractivity contribution is 5.99. The van der Waals surface area contributed by atoms with Gasteiger partial charge in [0, 0.05) is 35.4 Å². The van der Waals surface area contributed by atoms with Crippen LogP contribution in [0.1, 0.15) is 64.7 Å². The minimum absolute atomic E-state index is 0.0802. The maximum atomic E-state index is 12.9. The largest absolute Gasteiger partial charge is 0.504 e. The zero-order valence-corrected chi connectivity index (χ0v) is 26.6. The lowest BCUT2D eigenvalue weighted by Crippen LogP contribution is -2.51. The van der Waals surface area contributed by atoms with Crippen LogP contribution in [-0.2, 0) is 25.7 Å². The fourth-order valence-corrected chi connectivity index (χ4v) is 4.62. The lowest BCUT2D eigenvalue weighted by molar-refractivity contribution is -0.140. The predicted octanol–water partition coefficient (Wildman–Crippen LogP) is 1.43. The Morgan fingerprint density at radius 1 is 1.02 bits per heavy atom. The topological polar surface area (TPSA) is 281 Å². The van der Waals surface area contributed by atoms with Crippen LogP contribution < -0.4 is 36.5 Å². The summed E-state index contributed by atoms with van der Waals surface area (Å²) in [5, 5.41) is 39.5. The number of hydrogen-bond acceptors (Lipinski definition) is 14. The van der Waals surface area contributed by atoms with E-state index in [1.54, 1.807) is 26.0 Å². The van der Waals surface area contributed by atoms with E-state index < -0.39 is 66.1 Å². The molecule has 1 aliphatic heterocycles. The molecular weight excluding hydrogens is 658 g/mol. The molecule has 0 spiro atoms. The Hall–Kier alpha value is -6.56. The number of amides is 2. The van der Waals surface area contributed by atoms with Crippen LogP contribution in [-0.4, -0.2) is 73.3 Å². The van der Waals surface area contributed by atoms with Gasteiger partial charge in [-0.25, -0.2) is 24.4 Å². The molecule has 50 heavy (non-hydrogen) atoms. The van der Waals surface area contributed by atoms with Gasteiger partial charge in [0.15, 0.2) is 29.3 Å². The summed E-state index contributed by atoms with van der Waals surface area (Å²) in [6.07, 6.45) is 1.12. The Morgan fingerprint density at radius 3 is 2.40 bits per heavy atom. The maximum Gasteiger partial charge on any atom is 0.336 e. The summed E-state index contributed by atoms with van der Waals surface area (Å²) in [5.74, 6) is -7.01. The lowest BCUT2D eigenvalue weighted by atomic mass is 10.00. The van der Waals surface area contributed by atoms with Crippen LogP contribution >= 0.6 is 0 Å². The lowest BCUT2D eigenvalue weighted by Gasteiger charge is -2.23. The third-order valence-corrected chi connectivity index (χ3v) is 6.98. The number of phenolic OH excluding ortho intramolecular Hbond substituents is 1. The highest BCUT2D eigenvalue weighted by Gasteiger charge is 2.26. The number of carboxylic acids is 2. The van der Waals surface area contributed by atoms with Crippen LogP contribution in [0, 0.1) is 0 Å². The molecule has 1 aliphatic rings. The number of nitrogens with one attached hydrogen (secondary N) is 4. The van der Waals surface area contributed by atoms with Crippen molar-refractivity contribution in [3.63, 3.8) is 0 Å². The fraction of sp³-hybridized carbons (Fsp3) is 0.250. The molecule has 4 rings (SSSR count). The molecule has 262 valence electrons. The number of nitrogens with two attached hydrogens (primary N) is 1. The second kappa shape index (κ2) is 16.0. The number of aliphatic carboxylic acids is 2. The number of fused-ring (bicyclic) bond motifs is 1. The predicted molar refractivity (Wildman–Crippen MR) is 173 cm³/mol. The van der Waals surface area contributed by atoms with Crippen molar-refractivity contribution in [1.82, 2.24) is 20.6 Å². The molecule has 0 saturated heterocycles. The Kier molecular flexibility index (Phi) is 11.6. The van der Waals surface area contributed by atoms with E-state index in [-0.39, 0.29) is 47.1 Å². The van der Waals surface area contributed by atoms with Crippen molar-refractivity contribution in [3.05, 3.63) is 77.3 Å². The van der Waals surface area contributed by atoms with Crippen LogP contribution in [0.25, 0.3) is 0 Å². The standard InChI is InChI=1S/C32H33N7O11/c1-15(2)25-21(9-8-20(40)27(25)50-24(44)12-10-22(41)42)49-23(43)11-7-19(31(47)48)37-29(45)16-3-5-17(6-4-16)34-13-18-14-35-28-26(36-18)30(46)39-32(33)38-28/h3-6,8-10,12,14-15,19,32,34,40H,7,11,13,33H2,1-2H3,(H,35,38)(H,37,45)(H,39,46)(H,41,42)(H,47,48). The number of carboxylic acid groups (broad SMARTS) is 2. The average molecular weight is 692 g/mol. The number of hydrogen-bond donors (Lipinski definition) is 8. The zero-order chi connectivity index (χ0) is 36.5. The van der Waals surface area contributed by atoms with Crippen LogP contribution in [0.3, 0.4) is 0 Å². The molecule has 18 heteroatoms. The van der Waals surface area contributed by atoms with Gasteiger partial charge in [-0.3, -0.25) is 20.1 Å². The molecule has 2 atom stereocenters. The highest BCUT2D eigenvalue weighted by atomic mass is 16.6. The molecule has 18 nitrogen and oxygen atoms in total. The smallest absolute Gasteiger partial charge is 0.336 e. The molecular formula is C32H33N7O11. The molecule has 1 aromatic heterocycles. The van der Waals surface area contributed by atoms with Gasteiger partial charge in [0.25, 0.3) is 11.8 Å². The number of benzene rings is 2. The van der Waals surface area contributed by atoms with Gasteiger partial charge in [-0.15, -0.1) is 0 Å². The maximum absolute atomic E-state index is 12.9. The van der Waals surface area contributed by atoms with E-state index in [2.05, 4.69) is 31.2 Å². The highest BCUT2D eigenvalue weighted by Crippen LogP contribution is 2.41. The molecule has 2 aromatic carbocycles. The first-order chi connectivity index (χ1) is 23.7. The van der Waals surface area contributed by atoms with Crippen LogP contribution in [0.15, 0.2) is 54.7 Å². The molecule has 2 unspecified atom stereocenters. The van der Waals surface area contributed by atoms with E-state index in [4.69, 9.17) is 20.3 Å².